The summed E-state index contributed by atoms with van der Waals surface area (Å²) in [5.41, 5.74) is 2.34. The summed E-state index contributed by atoms with van der Waals surface area (Å²) in [5.74, 6) is 0. The van der Waals surface area contributed by atoms with Gasteiger partial charge in [0.15, 0.2) is 0 Å². The highest BCUT2D eigenvalue weighted by Crippen LogP contribution is 2.23. The SMILES string of the molecule is Clc1ccc(CNCc2ccoc2)cc1Br. The Morgan fingerprint density at radius 2 is 2.00 bits per heavy atom. The van der Waals surface area contributed by atoms with Gasteiger partial charge in [0, 0.05) is 23.1 Å². The molecule has 0 atom stereocenters. The maximum atomic E-state index is 5.92. The Kier molecular flexibility index (Phi) is 4.04. The van der Waals surface area contributed by atoms with E-state index in [1.807, 2.05) is 24.3 Å². The highest BCUT2D eigenvalue weighted by Gasteiger charge is 1.99. The normalized spacial score (nSPS) is 10.6. The first kappa shape index (κ1) is 11.7. The number of hydrogen-bond donors (Lipinski definition) is 1. The average Bonchev–Trinajstić information content (AvgIpc) is 2.76. The van der Waals surface area contributed by atoms with E-state index in [0.29, 0.717) is 0 Å². The summed E-state index contributed by atoms with van der Waals surface area (Å²) in [7, 11) is 0. The zero-order chi connectivity index (χ0) is 11.4. The van der Waals surface area contributed by atoms with E-state index in [0.717, 1.165) is 28.1 Å². The van der Waals surface area contributed by atoms with Crippen molar-refractivity contribution < 1.29 is 4.42 Å². The van der Waals surface area contributed by atoms with Crippen molar-refractivity contribution in [2.45, 2.75) is 13.1 Å². The van der Waals surface area contributed by atoms with Gasteiger partial charge in [0.05, 0.1) is 17.5 Å². The van der Waals surface area contributed by atoms with Crippen LogP contribution in [0.25, 0.3) is 0 Å². The van der Waals surface area contributed by atoms with Crippen molar-refractivity contribution in [3.8, 4) is 0 Å². The molecule has 0 radical (unpaired) electrons. The zero-order valence-electron chi connectivity index (χ0n) is 8.54. The predicted octanol–water partition coefficient (Wildman–Crippen LogP) is 3.99. The van der Waals surface area contributed by atoms with E-state index in [1.165, 1.54) is 5.56 Å². The number of rotatable bonds is 4. The second-order valence-corrected chi connectivity index (χ2v) is 4.75. The fraction of sp³-hybridized carbons (Fsp3) is 0.167. The van der Waals surface area contributed by atoms with Crippen LogP contribution in [0.15, 0.2) is 45.7 Å². The molecule has 1 heterocycles. The lowest BCUT2D eigenvalue weighted by atomic mass is 10.2. The van der Waals surface area contributed by atoms with Gasteiger partial charge in [-0.15, -0.1) is 0 Å². The Hall–Kier alpha value is -0.770. The summed E-state index contributed by atoms with van der Waals surface area (Å²) < 4.78 is 5.91. The minimum atomic E-state index is 0.735. The fourth-order valence-electron chi connectivity index (χ4n) is 1.39. The number of nitrogens with one attached hydrogen (secondary N) is 1. The van der Waals surface area contributed by atoms with Gasteiger partial charge >= 0.3 is 0 Å². The summed E-state index contributed by atoms with van der Waals surface area (Å²) in [6.07, 6.45) is 3.42. The highest BCUT2D eigenvalue weighted by atomic mass is 79.9. The molecule has 2 nitrogen and oxygen atoms in total. The van der Waals surface area contributed by atoms with Crippen molar-refractivity contribution >= 4 is 27.5 Å². The predicted molar refractivity (Wildman–Crippen MR) is 68.4 cm³/mol. The van der Waals surface area contributed by atoms with Crippen molar-refractivity contribution in [3.63, 3.8) is 0 Å². The van der Waals surface area contributed by atoms with Crippen LogP contribution in [0, 0.1) is 0 Å². The van der Waals surface area contributed by atoms with Crippen LogP contribution in [0.4, 0.5) is 0 Å². The smallest absolute Gasteiger partial charge is 0.0947 e. The van der Waals surface area contributed by atoms with Crippen molar-refractivity contribution in [3.05, 3.63) is 57.4 Å². The van der Waals surface area contributed by atoms with Gasteiger partial charge in [-0.2, -0.15) is 0 Å². The van der Waals surface area contributed by atoms with Gasteiger partial charge in [-0.1, -0.05) is 17.7 Å². The molecule has 0 aliphatic heterocycles. The van der Waals surface area contributed by atoms with Crippen LogP contribution in [0.2, 0.25) is 5.02 Å². The Balaban J connectivity index is 1.87. The topological polar surface area (TPSA) is 25.2 Å². The van der Waals surface area contributed by atoms with Crippen molar-refractivity contribution in [1.29, 1.82) is 0 Å². The van der Waals surface area contributed by atoms with Crippen molar-refractivity contribution in [1.82, 2.24) is 5.32 Å². The van der Waals surface area contributed by atoms with Crippen LogP contribution in [-0.4, -0.2) is 0 Å². The Morgan fingerprint density at radius 1 is 1.19 bits per heavy atom. The van der Waals surface area contributed by atoms with Crippen LogP contribution >= 0.6 is 27.5 Å². The highest BCUT2D eigenvalue weighted by molar-refractivity contribution is 9.10. The molecule has 2 aromatic rings. The lowest BCUT2D eigenvalue weighted by Crippen LogP contribution is -2.11. The number of hydrogen-bond acceptors (Lipinski definition) is 2. The van der Waals surface area contributed by atoms with Crippen LogP contribution in [0.5, 0.6) is 0 Å². The van der Waals surface area contributed by atoms with Crippen LogP contribution in [-0.2, 0) is 13.1 Å². The summed E-state index contributed by atoms with van der Waals surface area (Å²) in [4.78, 5) is 0. The molecule has 0 saturated carbocycles. The van der Waals surface area contributed by atoms with Crippen LogP contribution in [0.1, 0.15) is 11.1 Å². The molecule has 0 fully saturated rings. The molecule has 0 aliphatic carbocycles. The molecule has 1 aromatic heterocycles. The van der Waals surface area contributed by atoms with Gasteiger partial charge in [-0.05, 0) is 39.7 Å². The van der Waals surface area contributed by atoms with E-state index in [9.17, 15) is 0 Å². The van der Waals surface area contributed by atoms with Crippen LogP contribution in [0.3, 0.4) is 0 Å². The molecular formula is C12H11BrClNO. The molecule has 0 spiro atoms. The Bertz CT molecular complexity index is 456. The lowest BCUT2D eigenvalue weighted by Gasteiger charge is -2.04. The maximum absolute atomic E-state index is 5.92. The summed E-state index contributed by atoms with van der Waals surface area (Å²) in [6.45, 7) is 1.61. The molecular weight excluding hydrogens is 289 g/mol. The molecule has 0 saturated heterocycles. The molecule has 0 amide bonds. The molecule has 1 aromatic carbocycles. The average molecular weight is 301 g/mol. The van der Waals surface area contributed by atoms with E-state index in [2.05, 4.69) is 21.2 Å². The molecule has 1 N–H and O–H groups in total. The molecule has 4 heteroatoms. The third kappa shape index (κ3) is 3.11. The monoisotopic (exact) mass is 299 g/mol. The van der Waals surface area contributed by atoms with Crippen molar-refractivity contribution in [2.75, 3.05) is 0 Å². The molecule has 0 bridgehead atoms. The Labute approximate surface area is 108 Å². The third-order valence-corrected chi connectivity index (χ3v) is 3.44. The van der Waals surface area contributed by atoms with Gasteiger partial charge in [0.25, 0.3) is 0 Å². The molecule has 0 aliphatic rings. The summed E-state index contributed by atoms with van der Waals surface area (Å²) in [5, 5.41) is 4.06. The second-order valence-electron chi connectivity index (χ2n) is 3.48. The minimum absolute atomic E-state index is 0.735. The second kappa shape index (κ2) is 5.53. The standard InChI is InChI=1S/C12H11BrClNO/c13-11-5-9(1-2-12(11)14)6-15-7-10-3-4-16-8-10/h1-5,8,15H,6-7H2. The maximum Gasteiger partial charge on any atom is 0.0947 e. The molecule has 16 heavy (non-hydrogen) atoms. The zero-order valence-corrected chi connectivity index (χ0v) is 10.9. The number of halogens is 2. The van der Waals surface area contributed by atoms with E-state index < -0.39 is 0 Å². The first-order valence-electron chi connectivity index (χ1n) is 4.91. The summed E-state index contributed by atoms with van der Waals surface area (Å²) >= 11 is 9.32. The Morgan fingerprint density at radius 3 is 2.69 bits per heavy atom. The van der Waals surface area contributed by atoms with Gasteiger partial charge in [0.2, 0.25) is 0 Å². The van der Waals surface area contributed by atoms with Crippen LogP contribution < -0.4 is 5.32 Å². The van der Waals surface area contributed by atoms with Crippen molar-refractivity contribution in [2.24, 2.45) is 0 Å². The van der Waals surface area contributed by atoms with Gasteiger partial charge < -0.3 is 9.73 Å². The minimum Gasteiger partial charge on any atom is -0.472 e. The quantitative estimate of drug-likeness (QED) is 0.924. The van der Waals surface area contributed by atoms with E-state index >= 15 is 0 Å². The molecule has 2 rings (SSSR count). The van der Waals surface area contributed by atoms with E-state index in [-0.39, 0.29) is 0 Å². The van der Waals surface area contributed by atoms with E-state index in [1.54, 1.807) is 12.5 Å². The fourth-order valence-corrected chi connectivity index (χ4v) is 1.94. The number of benzene rings is 1. The first-order chi connectivity index (χ1) is 7.75. The first-order valence-corrected chi connectivity index (χ1v) is 6.08. The molecule has 84 valence electrons. The number of furan rings is 1. The van der Waals surface area contributed by atoms with Gasteiger partial charge in [-0.25, -0.2) is 0 Å². The van der Waals surface area contributed by atoms with E-state index in [4.69, 9.17) is 16.0 Å². The summed E-state index contributed by atoms with van der Waals surface area (Å²) in [6, 6.07) is 7.87. The third-order valence-electron chi connectivity index (χ3n) is 2.22. The van der Waals surface area contributed by atoms with Gasteiger partial charge in [0.1, 0.15) is 0 Å². The van der Waals surface area contributed by atoms with Gasteiger partial charge in [-0.3, -0.25) is 0 Å². The largest absolute Gasteiger partial charge is 0.472 e. The lowest BCUT2D eigenvalue weighted by molar-refractivity contribution is 0.560. The molecule has 0 unspecified atom stereocenters.